The molecule has 0 bridgehead atoms. The maximum Gasteiger partial charge on any atom is 0.364 e. The first kappa shape index (κ1) is 46.0. The van der Waals surface area contributed by atoms with Gasteiger partial charge in [0.2, 0.25) is 11.8 Å². The fraction of sp³-hybridized carbons (Fsp3) is 0.686. The van der Waals surface area contributed by atoms with E-state index in [4.69, 9.17) is 33.5 Å². The van der Waals surface area contributed by atoms with Gasteiger partial charge in [-0.05, 0) is 12.8 Å². The van der Waals surface area contributed by atoms with Crippen LogP contribution in [0.1, 0.15) is 38.5 Å². The molecule has 0 spiro atoms. The summed E-state index contributed by atoms with van der Waals surface area (Å²) in [7, 11) is 0. The van der Waals surface area contributed by atoms with Crippen molar-refractivity contribution in [2.75, 3.05) is 109 Å². The summed E-state index contributed by atoms with van der Waals surface area (Å²) in [5.41, 5.74) is -0.758. The highest BCUT2D eigenvalue weighted by Gasteiger charge is 2.49. The third-order valence-electron chi connectivity index (χ3n) is 8.57. The first-order valence-electron chi connectivity index (χ1n) is 18.5. The molecule has 0 aliphatic carbocycles. The third-order valence-corrected chi connectivity index (χ3v) is 8.57. The standard InChI is InChI=1S/C35H53N5O16/c41-22-27(44)39-24-23-56-35(34(49)50,21-25(24)42)55-12-4-2-1-3-8-37-30-31(33(48)32(30)47)38-10-14-52-16-18-54-20-19-53-17-15-51-13-9-36-26(43)7-11-40-28(45)5-6-29(40)46/h5-6,24-25,37-38,41-42H,1-4,7-23H2,(H,36,43)(H,39,44)(H,49,50). The summed E-state index contributed by atoms with van der Waals surface area (Å²) in [6.07, 6.45) is 3.29. The van der Waals surface area contributed by atoms with E-state index < -0.39 is 65.5 Å². The molecule has 0 radical (unpaired) electrons. The van der Waals surface area contributed by atoms with Crippen LogP contribution < -0.4 is 32.1 Å². The minimum atomic E-state index is -2.04. The number of nitrogens with one attached hydrogen (secondary N) is 4. The van der Waals surface area contributed by atoms with Crippen molar-refractivity contribution in [3.63, 3.8) is 0 Å². The van der Waals surface area contributed by atoms with E-state index >= 15 is 0 Å². The molecule has 0 aromatic heterocycles. The lowest BCUT2D eigenvalue weighted by atomic mass is 9.98. The number of hydrogen-bond acceptors (Lipinski definition) is 17. The largest absolute Gasteiger partial charge is 0.477 e. The van der Waals surface area contributed by atoms with Crippen molar-refractivity contribution in [1.82, 2.24) is 15.5 Å². The van der Waals surface area contributed by atoms with E-state index in [-0.39, 0.29) is 63.2 Å². The fourth-order valence-electron chi connectivity index (χ4n) is 5.50. The molecule has 1 saturated heterocycles. The Morgan fingerprint density at radius 2 is 1.30 bits per heavy atom. The Labute approximate surface area is 322 Å². The second kappa shape index (κ2) is 25.0. The lowest BCUT2D eigenvalue weighted by molar-refractivity contribution is -0.274. The topological polar surface area (TPSA) is 287 Å². The van der Waals surface area contributed by atoms with Crippen molar-refractivity contribution in [3.8, 4) is 0 Å². The number of unbranched alkanes of at least 4 members (excludes halogenated alkanes) is 3. The number of nitrogens with zero attached hydrogens (tertiary/aromatic N) is 1. The quantitative estimate of drug-likeness (QED) is 0.0227. The second-order valence-electron chi connectivity index (χ2n) is 12.7. The Morgan fingerprint density at radius 1 is 0.750 bits per heavy atom. The molecule has 3 rings (SSSR count). The van der Waals surface area contributed by atoms with Gasteiger partial charge in [-0.3, -0.25) is 33.7 Å². The number of ether oxygens (including phenoxy) is 6. The van der Waals surface area contributed by atoms with E-state index in [0.717, 1.165) is 11.3 Å². The monoisotopic (exact) mass is 799 g/mol. The zero-order chi connectivity index (χ0) is 40.8. The molecule has 7 N–H and O–H groups in total. The first-order valence-corrected chi connectivity index (χ1v) is 18.5. The van der Waals surface area contributed by atoms with Gasteiger partial charge in [0.15, 0.2) is 0 Å². The van der Waals surface area contributed by atoms with E-state index in [2.05, 4.69) is 21.3 Å². The number of aliphatic hydroxyl groups excluding tert-OH is 2. The highest BCUT2D eigenvalue weighted by Crippen LogP contribution is 2.28. The highest BCUT2D eigenvalue weighted by molar-refractivity contribution is 6.13. The fourth-order valence-corrected chi connectivity index (χ4v) is 5.50. The van der Waals surface area contributed by atoms with Gasteiger partial charge >= 0.3 is 5.97 Å². The molecule has 0 saturated carbocycles. The Balaban J connectivity index is 1.11. The average molecular weight is 800 g/mol. The van der Waals surface area contributed by atoms with Crippen LogP contribution in [0, 0.1) is 0 Å². The predicted octanol–water partition coefficient (Wildman–Crippen LogP) is -2.78. The van der Waals surface area contributed by atoms with Crippen LogP contribution in [0.15, 0.2) is 21.7 Å². The van der Waals surface area contributed by atoms with Crippen molar-refractivity contribution < 1.29 is 67.7 Å². The SMILES string of the molecule is O=C(CCN1C(=O)C=CC1=O)NCCOCCOCCOCCOCCNc1c(NCCCCCCOC2(C(=O)O)CC(O)C(NC(=O)CO)CO2)c(=O)c1=O. The number of hydrogen-bond donors (Lipinski definition) is 7. The molecule has 21 nitrogen and oxygen atoms in total. The Hall–Kier alpha value is -4.35. The number of carboxylic acid groups (broad SMARTS) is 1. The van der Waals surface area contributed by atoms with E-state index in [1.54, 1.807) is 0 Å². The lowest BCUT2D eigenvalue weighted by Crippen LogP contribution is -2.60. The van der Waals surface area contributed by atoms with Crippen LogP contribution in [0.4, 0.5) is 11.4 Å². The molecule has 2 heterocycles. The Morgan fingerprint density at radius 3 is 1.88 bits per heavy atom. The molecule has 21 heteroatoms. The number of imide groups is 1. The minimum absolute atomic E-state index is 0.0177. The van der Waals surface area contributed by atoms with Gasteiger partial charge in [0.25, 0.3) is 28.5 Å². The van der Waals surface area contributed by atoms with Crippen LogP contribution in [0.2, 0.25) is 0 Å². The van der Waals surface area contributed by atoms with Crippen molar-refractivity contribution in [2.24, 2.45) is 0 Å². The number of carbonyl (C=O) groups is 5. The van der Waals surface area contributed by atoms with Crippen LogP contribution in [-0.2, 0) is 52.4 Å². The van der Waals surface area contributed by atoms with Gasteiger partial charge in [0.1, 0.15) is 18.0 Å². The maximum atomic E-state index is 12.0. The molecular formula is C35H53N5O16. The summed E-state index contributed by atoms with van der Waals surface area (Å²) in [4.78, 5) is 83.1. The molecule has 4 amide bonds. The van der Waals surface area contributed by atoms with Crippen LogP contribution >= 0.6 is 0 Å². The summed E-state index contributed by atoms with van der Waals surface area (Å²) in [6, 6.07) is -0.872. The van der Waals surface area contributed by atoms with Crippen LogP contribution in [0.25, 0.3) is 0 Å². The molecule has 3 unspecified atom stereocenters. The molecule has 1 aromatic rings. The molecule has 56 heavy (non-hydrogen) atoms. The van der Waals surface area contributed by atoms with Crippen LogP contribution in [0.5, 0.6) is 0 Å². The third kappa shape index (κ3) is 15.3. The average Bonchev–Trinajstić information content (AvgIpc) is 3.51. The summed E-state index contributed by atoms with van der Waals surface area (Å²) >= 11 is 0. The summed E-state index contributed by atoms with van der Waals surface area (Å²) in [5, 5.41) is 39.7. The predicted molar refractivity (Wildman–Crippen MR) is 195 cm³/mol. The van der Waals surface area contributed by atoms with Gasteiger partial charge < -0.3 is 65.0 Å². The second-order valence-corrected chi connectivity index (χ2v) is 12.7. The van der Waals surface area contributed by atoms with Gasteiger partial charge in [0.05, 0.1) is 78.2 Å². The van der Waals surface area contributed by atoms with Crippen molar-refractivity contribution in [1.29, 1.82) is 0 Å². The number of carbonyl (C=O) groups excluding carboxylic acids is 4. The lowest BCUT2D eigenvalue weighted by Gasteiger charge is -2.39. The summed E-state index contributed by atoms with van der Waals surface area (Å²) in [6.45, 7) is 2.62. The number of carboxylic acids is 1. The summed E-state index contributed by atoms with van der Waals surface area (Å²) < 4.78 is 32.6. The van der Waals surface area contributed by atoms with Crippen molar-refractivity contribution in [3.05, 3.63) is 32.6 Å². The number of aliphatic hydroxyl groups is 2. The maximum absolute atomic E-state index is 12.0. The summed E-state index contributed by atoms with van der Waals surface area (Å²) in [5.74, 6) is -5.29. The van der Waals surface area contributed by atoms with Gasteiger partial charge in [-0.25, -0.2) is 4.79 Å². The molecule has 2 aliphatic heterocycles. The Bertz CT molecular complexity index is 1510. The molecule has 1 aromatic carbocycles. The number of anilines is 2. The van der Waals surface area contributed by atoms with E-state index in [1.165, 1.54) is 12.2 Å². The van der Waals surface area contributed by atoms with Gasteiger partial charge in [-0.2, -0.15) is 0 Å². The zero-order valence-corrected chi connectivity index (χ0v) is 31.3. The number of rotatable bonds is 31. The normalized spacial score (nSPS) is 19.4. The van der Waals surface area contributed by atoms with E-state index in [0.29, 0.717) is 72.0 Å². The molecule has 2 aliphatic rings. The first-order chi connectivity index (χ1) is 27.0. The van der Waals surface area contributed by atoms with E-state index in [1.807, 2.05) is 0 Å². The highest BCUT2D eigenvalue weighted by atomic mass is 16.7. The molecule has 3 atom stereocenters. The Kier molecular flexibility index (Phi) is 20.6. The minimum Gasteiger partial charge on any atom is -0.477 e. The molecule has 1 fully saturated rings. The molecular weight excluding hydrogens is 746 g/mol. The van der Waals surface area contributed by atoms with Crippen molar-refractivity contribution in [2.45, 2.75) is 56.5 Å². The van der Waals surface area contributed by atoms with Gasteiger partial charge in [-0.1, -0.05) is 12.8 Å². The van der Waals surface area contributed by atoms with Crippen LogP contribution in [0.3, 0.4) is 0 Å². The number of amides is 4. The number of aliphatic carboxylic acids is 1. The van der Waals surface area contributed by atoms with E-state index in [9.17, 15) is 43.8 Å². The zero-order valence-electron chi connectivity index (χ0n) is 31.3. The van der Waals surface area contributed by atoms with Gasteiger partial charge in [0, 0.05) is 51.2 Å². The van der Waals surface area contributed by atoms with Gasteiger partial charge in [-0.15, -0.1) is 0 Å². The van der Waals surface area contributed by atoms with Crippen LogP contribution in [-0.4, -0.2) is 167 Å². The molecule has 314 valence electrons. The van der Waals surface area contributed by atoms with Crippen molar-refractivity contribution >= 4 is 41.0 Å². The smallest absolute Gasteiger partial charge is 0.364 e.